The molecule has 2 rings (SSSR count). The number of nitrogens with zero attached hydrogens (tertiary/aromatic N) is 1. The maximum Gasteiger partial charge on any atom is 0.232 e. The van der Waals surface area contributed by atoms with Crippen molar-refractivity contribution in [2.45, 2.75) is 19.8 Å². The Labute approximate surface area is 102 Å². The van der Waals surface area contributed by atoms with E-state index in [1.54, 1.807) is 0 Å². The van der Waals surface area contributed by atoms with Gasteiger partial charge in [0.1, 0.15) is 0 Å². The highest BCUT2D eigenvalue weighted by Gasteiger charge is 2.21. The van der Waals surface area contributed by atoms with Crippen molar-refractivity contribution in [1.29, 1.82) is 0 Å². The molecule has 2 saturated heterocycles. The van der Waals surface area contributed by atoms with E-state index in [2.05, 4.69) is 12.2 Å². The lowest BCUT2D eigenvalue weighted by molar-refractivity contribution is -0.129. The molecule has 0 aromatic carbocycles. The van der Waals surface area contributed by atoms with Crippen LogP contribution >= 0.6 is 11.8 Å². The van der Waals surface area contributed by atoms with Gasteiger partial charge in [0.05, 0.1) is 5.75 Å². The molecule has 1 N–H and O–H groups in total. The second kappa shape index (κ2) is 5.92. The summed E-state index contributed by atoms with van der Waals surface area (Å²) in [5.74, 6) is 3.79. The minimum absolute atomic E-state index is 0.351. The average molecular weight is 242 g/mol. The van der Waals surface area contributed by atoms with Crippen LogP contribution < -0.4 is 5.32 Å². The van der Waals surface area contributed by atoms with E-state index in [4.69, 9.17) is 0 Å². The molecule has 0 radical (unpaired) electrons. The molecular formula is C12H22N2OS. The molecule has 0 aromatic rings. The smallest absolute Gasteiger partial charge is 0.232 e. The predicted octanol–water partition coefficient (Wildman–Crippen LogP) is 1.20. The van der Waals surface area contributed by atoms with Crippen LogP contribution in [0.1, 0.15) is 19.8 Å². The van der Waals surface area contributed by atoms with Crippen LogP contribution in [-0.4, -0.2) is 48.5 Å². The molecule has 0 bridgehead atoms. The van der Waals surface area contributed by atoms with E-state index in [1.807, 2.05) is 16.7 Å². The number of hydrogen-bond acceptors (Lipinski definition) is 3. The van der Waals surface area contributed by atoms with Crippen molar-refractivity contribution in [3.05, 3.63) is 0 Å². The normalized spacial score (nSPS) is 23.2. The Hall–Kier alpha value is -0.220. The molecule has 2 aliphatic rings. The summed E-state index contributed by atoms with van der Waals surface area (Å²) in [5, 5.41) is 3.26. The van der Waals surface area contributed by atoms with Gasteiger partial charge in [-0.15, -0.1) is 0 Å². The van der Waals surface area contributed by atoms with E-state index in [9.17, 15) is 4.79 Å². The van der Waals surface area contributed by atoms with E-state index < -0.39 is 0 Å². The van der Waals surface area contributed by atoms with Gasteiger partial charge in [0.25, 0.3) is 0 Å². The average Bonchev–Trinajstić information content (AvgIpc) is 2.22. The van der Waals surface area contributed by atoms with Gasteiger partial charge in [-0.25, -0.2) is 0 Å². The summed E-state index contributed by atoms with van der Waals surface area (Å²) < 4.78 is 0. The van der Waals surface area contributed by atoms with Crippen molar-refractivity contribution in [3.63, 3.8) is 0 Å². The number of nitrogens with one attached hydrogen (secondary N) is 1. The molecule has 0 unspecified atom stereocenters. The maximum atomic E-state index is 11.9. The Morgan fingerprint density at radius 2 is 2.06 bits per heavy atom. The molecular weight excluding hydrogens is 220 g/mol. The first-order chi connectivity index (χ1) is 7.75. The van der Waals surface area contributed by atoms with Gasteiger partial charge in [-0.05, 0) is 43.5 Å². The summed E-state index contributed by atoms with van der Waals surface area (Å²) in [6.07, 6.45) is 2.37. The minimum Gasteiger partial charge on any atom is -0.342 e. The van der Waals surface area contributed by atoms with Gasteiger partial charge in [0.15, 0.2) is 0 Å². The zero-order valence-electron chi connectivity index (χ0n) is 10.1. The summed E-state index contributed by atoms with van der Waals surface area (Å²) in [5.41, 5.74) is 0. The van der Waals surface area contributed by atoms with Crippen LogP contribution in [-0.2, 0) is 4.79 Å². The fourth-order valence-electron chi connectivity index (χ4n) is 2.13. The van der Waals surface area contributed by atoms with Gasteiger partial charge < -0.3 is 10.2 Å². The van der Waals surface area contributed by atoms with Crippen molar-refractivity contribution in [3.8, 4) is 0 Å². The fraction of sp³-hybridized carbons (Fsp3) is 0.917. The Morgan fingerprint density at radius 3 is 2.62 bits per heavy atom. The molecule has 16 heavy (non-hydrogen) atoms. The van der Waals surface area contributed by atoms with Crippen LogP contribution in [0.2, 0.25) is 0 Å². The van der Waals surface area contributed by atoms with Crippen molar-refractivity contribution in [1.82, 2.24) is 10.2 Å². The number of rotatable bonds is 4. The molecule has 0 spiro atoms. The number of carbonyl (C=O) groups is 1. The molecule has 0 atom stereocenters. The monoisotopic (exact) mass is 242 g/mol. The Balaban J connectivity index is 1.59. The zero-order valence-corrected chi connectivity index (χ0v) is 10.9. The van der Waals surface area contributed by atoms with Gasteiger partial charge in [-0.1, -0.05) is 6.92 Å². The summed E-state index contributed by atoms with van der Waals surface area (Å²) in [4.78, 5) is 13.9. The van der Waals surface area contributed by atoms with E-state index in [0.717, 1.165) is 43.8 Å². The molecule has 2 heterocycles. The number of thioether (sulfide) groups is 1. The van der Waals surface area contributed by atoms with Crippen molar-refractivity contribution >= 4 is 17.7 Å². The Bertz CT molecular complexity index is 235. The van der Waals surface area contributed by atoms with Crippen LogP contribution in [0.25, 0.3) is 0 Å². The van der Waals surface area contributed by atoms with E-state index in [0.29, 0.717) is 11.7 Å². The van der Waals surface area contributed by atoms with Gasteiger partial charge in [0, 0.05) is 13.1 Å². The van der Waals surface area contributed by atoms with Gasteiger partial charge in [-0.2, -0.15) is 11.8 Å². The predicted molar refractivity (Wildman–Crippen MR) is 68.7 cm³/mol. The molecule has 4 heteroatoms. The lowest BCUT2D eigenvalue weighted by Crippen LogP contribution is -2.43. The first kappa shape index (κ1) is 12.2. The highest BCUT2D eigenvalue weighted by atomic mass is 32.2. The quantitative estimate of drug-likeness (QED) is 0.804. The molecule has 2 fully saturated rings. The number of amides is 1. The van der Waals surface area contributed by atoms with Gasteiger partial charge >= 0.3 is 0 Å². The lowest BCUT2D eigenvalue weighted by atomic mass is 9.99. The van der Waals surface area contributed by atoms with Crippen LogP contribution in [0.5, 0.6) is 0 Å². The summed E-state index contributed by atoms with van der Waals surface area (Å²) >= 11 is 1.81. The van der Waals surface area contributed by atoms with Crippen molar-refractivity contribution in [2.24, 2.45) is 11.8 Å². The third kappa shape index (κ3) is 3.39. The number of carbonyl (C=O) groups excluding carboxylic acids is 1. The second-order valence-electron chi connectivity index (χ2n) is 5.10. The SMILES string of the molecule is CC1CCN(C(=O)CSCC2CNC2)CC1. The molecule has 0 saturated carbocycles. The zero-order chi connectivity index (χ0) is 11.4. The third-order valence-corrected chi connectivity index (χ3v) is 4.74. The second-order valence-corrected chi connectivity index (χ2v) is 6.13. The topological polar surface area (TPSA) is 32.3 Å². The highest BCUT2D eigenvalue weighted by Crippen LogP contribution is 2.18. The number of likely N-dealkylation sites (tertiary alicyclic amines) is 1. The van der Waals surface area contributed by atoms with Crippen molar-refractivity contribution < 1.29 is 4.79 Å². The van der Waals surface area contributed by atoms with E-state index in [-0.39, 0.29) is 0 Å². The first-order valence-corrected chi connectivity index (χ1v) is 7.47. The number of hydrogen-bond donors (Lipinski definition) is 1. The fourth-order valence-corrected chi connectivity index (χ4v) is 3.17. The van der Waals surface area contributed by atoms with Crippen LogP contribution in [0.3, 0.4) is 0 Å². The van der Waals surface area contributed by atoms with Crippen LogP contribution in [0, 0.1) is 11.8 Å². The molecule has 0 aliphatic carbocycles. The standard InChI is InChI=1S/C12H22N2OS/c1-10-2-4-14(5-3-10)12(15)9-16-8-11-6-13-7-11/h10-11,13H,2-9H2,1H3. The Morgan fingerprint density at radius 1 is 1.38 bits per heavy atom. The van der Waals surface area contributed by atoms with Gasteiger partial charge in [0.2, 0.25) is 5.91 Å². The molecule has 3 nitrogen and oxygen atoms in total. The highest BCUT2D eigenvalue weighted by molar-refractivity contribution is 7.99. The molecule has 0 aromatic heterocycles. The number of piperidine rings is 1. The van der Waals surface area contributed by atoms with Gasteiger partial charge in [-0.3, -0.25) is 4.79 Å². The maximum absolute atomic E-state index is 11.9. The minimum atomic E-state index is 0.351. The summed E-state index contributed by atoms with van der Waals surface area (Å²) in [7, 11) is 0. The molecule has 2 aliphatic heterocycles. The summed E-state index contributed by atoms with van der Waals surface area (Å²) in [6, 6.07) is 0. The summed E-state index contributed by atoms with van der Waals surface area (Å²) in [6.45, 7) is 6.52. The van der Waals surface area contributed by atoms with E-state index >= 15 is 0 Å². The largest absolute Gasteiger partial charge is 0.342 e. The van der Waals surface area contributed by atoms with Crippen LogP contribution in [0.15, 0.2) is 0 Å². The van der Waals surface area contributed by atoms with E-state index in [1.165, 1.54) is 12.8 Å². The van der Waals surface area contributed by atoms with Crippen LogP contribution in [0.4, 0.5) is 0 Å². The Kier molecular flexibility index (Phi) is 4.53. The van der Waals surface area contributed by atoms with Crippen molar-refractivity contribution in [2.75, 3.05) is 37.7 Å². The molecule has 92 valence electrons. The lowest BCUT2D eigenvalue weighted by Gasteiger charge is -2.31. The molecule has 1 amide bonds. The third-order valence-electron chi connectivity index (χ3n) is 3.58. The first-order valence-electron chi connectivity index (χ1n) is 6.32.